The number of nitriles is 1. The van der Waals surface area contributed by atoms with Gasteiger partial charge in [-0.1, -0.05) is 6.58 Å². The van der Waals surface area contributed by atoms with E-state index in [4.69, 9.17) is 11.0 Å². The van der Waals surface area contributed by atoms with Crippen molar-refractivity contribution in [1.82, 2.24) is 0 Å². The summed E-state index contributed by atoms with van der Waals surface area (Å²) in [5, 5.41) is 8.35. The van der Waals surface area contributed by atoms with Gasteiger partial charge in [0.05, 0.1) is 18.1 Å². The van der Waals surface area contributed by atoms with E-state index >= 15 is 0 Å². The van der Waals surface area contributed by atoms with Gasteiger partial charge in [0.1, 0.15) is 6.10 Å². The highest BCUT2D eigenvalue weighted by atomic mass is 16.5. The smallest absolute Gasteiger partial charge is 0.303 e. The lowest BCUT2D eigenvalue weighted by Gasteiger charge is -2.13. The number of esters is 1. The Morgan fingerprint density at radius 3 is 2.54 bits per heavy atom. The Morgan fingerprint density at radius 2 is 2.23 bits per heavy atom. The second kappa shape index (κ2) is 4.93. The van der Waals surface area contributed by atoms with Crippen molar-refractivity contribution in [3.05, 3.63) is 12.2 Å². The average Bonchev–Trinajstić information content (AvgIpc) is 2.01. The SMILES string of the molecule is C=C(C(N)=O)C(CC#N)OC(C)=O. The van der Waals surface area contributed by atoms with E-state index < -0.39 is 18.0 Å². The van der Waals surface area contributed by atoms with Crippen molar-refractivity contribution in [2.45, 2.75) is 19.4 Å². The van der Waals surface area contributed by atoms with Crippen LogP contribution in [-0.4, -0.2) is 18.0 Å². The van der Waals surface area contributed by atoms with Crippen molar-refractivity contribution in [2.24, 2.45) is 5.73 Å². The first-order chi connectivity index (χ1) is 5.99. The molecule has 5 heteroatoms. The second-order valence-electron chi connectivity index (χ2n) is 2.35. The summed E-state index contributed by atoms with van der Waals surface area (Å²) in [4.78, 5) is 21.2. The highest BCUT2D eigenvalue weighted by molar-refractivity contribution is 5.92. The maximum atomic E-state index is 10.6. The van der Waals surface area contributed by atoms with Gasteiger partial charge in [-0.15, -0.1) is 0 Å². The summed E-state index contributed by atoms with van der Waals surface area (Å²) in [7, 11) is 0. The monoisotopic (exact) mass is 182 g/mol. The quantitative estimate of drug-likeness (QED) is 0.484. The van der Waals surface area contributed by atoms with Crippen molar-refractivity contribution >= 4 is 11.9 Å². The fraction of sp³-hybridized carbons (Fsp3) is 0.375. The van der Waals surface area contributed by atoms with Gasteiger partial charge in [-0.3, -0.25) is 9.59 Å². The number of carbonyl (C=O) groups excluding carboxylic acids is 2. The molecule has 1 amide bonds. The topological polar surface area (TPSA) is 93.2 Å². The Bertz CT molecular complexity index is 278. The maximum absolute atomic E-state index is 10.6. The third kappa shape index (κ3) is 3.91. The van der Waals surface area contributed by atoms with Crippen LogP contribution in [0.3, 0.4) is 0 Å². The standard InChI is InChI=1S/C8H10N2O3/c1-5(8(10)12)7(3-4-9)13-6(2)11/h7H,1,3H2,2H3,(H2,10,12). The van der Waals surface area contributed by atoms with Crippen LogP contribution in [0.1, 0.15) is 13.3 Å². The summed E-state index contributed by atoms with van der Waals surface area (Å²) in [5.74, 6) is -1.36. The molecule has 1 atom stereocenters. The number of rotatable bonds is 4. The molecular weight excluding hydrogens is 172 g/mol. The molecule has 0 rings (SSSR count). The summed E-state index contributed by atoms with van der Waals surface area (Å²) < 4.78 is 4.65. The van der Waals surface area contributed by atoms with Gasteiger partial charge < -0.3 is 10.5 Å². The molecule has 0 aromatic heterocycles. The Kier molecular flexibility index (Phi) is 4.24. The van der Waals surface area contributed by atoms with E-state index in [1.807, 2.05) is 0 Å². The van der Waals surface area contributed by atoms with Crippen LogP contribution < -0.4 is 5.73 Å². The van der Waals surface area contributed by atoms with Gasteiger partial charge >= 0.3 is 5.97 Å². The normalized spacial score (nSPS) is 11.1. The van der Waals surface area contributed by atoms with E-state index in [1.165, 1.54) is 6.92 Å². The van der Waals surface area contributed by atoms with E-state index in [-0.39, 0.29) is 12.0 Å². The summed E-state index contributed by atoms with van der Waals surface area (Å²) in [5.41, 5.74) is 4.83. The third-order valence-electron chi connectivity index (χ3n) is 1.29. The Morgan fingerprint density at radius 1 is 1.69 bits per heavy atom. The van der Waals surface area contributed by atoms with Gasteiger partial charge in [0.25, 0.3) is 0 Å². The van der Waals surface area contributed by atoms with Crippen molar-refractivity contribution < 1.29 is 14.3 Å². The molecule has 0 aromatic carbocycles. The Labute approximate surface area is 75.8 Å². The lowest BCUT2D eigenvalue weighted by Crippen LogP contribution is -2.27. The number of hydrogen-bond donors (Lipinski definition) is 1. The number of nitrogens with zero attached hydrogens (tertiary/aromatic N) is 1. The minimum absolute atomic E-state index is 0.0725. The van der Waals surface area contributed by atoms with E-state index in [2.05, 4.69) is 11.3 Å². The molecule has 70 valence electrons. The molecule has 0 aromatic rings. The van der Waals surface area contributed by atoms with Crippen molar-refractivity contribution in [1.29, 1.82) is 5.26 Å². The zero-order chi connectivity index (χ0) is 10.4. The summed E-state index contributed by atoms with van der Waals surface area (Å²) in [6.45, 7) is 4.50. The number of primary amides is 1. The number of carbonyl (C=O) groups is 2. The molecular formula is C8H10N2O3. The van der Waals surface area contributed by atoms with Crippen LogP contribution in [0.2, 0.25) is 0 Å². The Hall–Kier alpha value is -1.83. The fourth-order valence-electron chi connectivity index (χ4n) is 0.678. The van der Waals surface area contributed by atoms with Crippen molar-refractivity contribution in [2.75, 3.05) is 0 Å². The van der Waals surface area contributed by atoms with Crippen LogP contribution in [0.4, 0.5) is 0 Å². The number of ether oxygens (including phenoxy) is 1. The zero-order valence-corrected chi connectivity index (χ0v) is 7.24. The molecule has 0 fully saturated rings. The first-order valence-corrected chi connectivity index (χ1v) is 3.51. The first-order valence-electron chi connectivity index (χ1n) is 3.51. The van der Waals surface area contributed by atoms with Crippen molar-refractivity contribution in [3.63, 3.8) is 0 Å². The molecule has 1 unspecified atom stereocenters. The second-order valence-corrected chi connectivity index (χ2v) is 2.35. The third-order valence-corrected chi connectivity index (χ3v) is 1.29. The molecule has 0 aliphatic rings. The summed E-state index contributed by atoms with van der Waals surface area (Å²) in [6, 6.07) is 1.76. The van der Waals surface area contributed by atoms with Crippen LogP contribution in [0.5, 0.6) is 0 Å². The van der Waals surface area contributed by atoms with Gasteiger partial charge in [-0.05, 0) is 0 Å². The minimum atomic E-state index is -0.931. The molecule has 0 radical (unpaired) electrons. The van der Waals surface area contributed by atoms with Gasteiger partial charge in [0.15, 0.2) is 0 Å². The van der Waals surface area contributed by atoms with Gasteiger partial charge in [0.2, 0.25) is 5.91 Å². The lowest BCUT2D eigenvalue weighted by atomic mass is 10.1. The average molecular weight is 182 g/mol. The Balaban J connectivity index is 4.43. The maximum Gasteiger partial charge on any atom is 0.303 e. The van der Waals surface area contributed by atoms with E-state index in [1.54, 1.807) is 6.07 Å². The number of hydrogen-bond acceptors (Lipinski definition) is 4. The molecule has 0 heterocycles. The van der Waals surface area contributed by atoms with E-state index in [9.17, 15) is 9.59 Å². The molecule has 13 heavy (non-hydrogen) atoms. The first kappa shape index (κ1) is 11.2. The number of amides is 1. The highest BCUT2D eigenvalue weighted by Crippen LogP contribution is 2.08. The van der Waals surface area contributed by atoms with Crippen LogP contribution in [0.25, 0.3) is 0 Å². The van der Waals surface area contributed by atoms with Gasteiger partial charge in [0, 0.05) is 6.92 Å². The van der Waals surface area contributed by atoms with Gasteiger partial charge in [-0.2, -0.15) is 5.26 Å². The predicted octanol–water partition coefficient (Wildman–Crippen LogP) is -0.127. The van der Waals surface area contributed by atoms with Crippen LogP contribution >= 0.6 is 0 Å². The molecule has 0 aliphatic carbocycles. The van der Waals surface area contributed by atoms with Crippen LogP contribution in [-0.2, 0) is 14.3 Å². The van der Waals surface area contributed by atoms with Crippen molar-refractivity contribution in [3.8, 4) is 6.07 Å². The van der Waals surface area contributed by atoms with Crippen LogP contribution in [0, 0.1) is 11.3 Å². The summed E-state index contributed by atoms with van der Waals surface area (Å²) in [6.07, 6.45) is -1.05. The minimum Gasteiger partial charge on any atom is -0.456 e. The zero-order valence-electron chi connectivity index (χ0n) is 7.24. The van der Waals surface area contributed by atoms with Crippen LogP contribution in [0.15, 0.2) is 12.2 Å². The van der Waals surface area contributed by atoms with E-state index in [0.717, 1.165) is 0 Å². The molecule has 0 bridgehead atoms. The molecule has 2 N–H and O–H groups in total. The molecule has 0 spiro atoms. The summed E-state index contributed by atoms with van der Waals surface area (Å²) >= 11 is 0. The molecule has 5 nitrogen and oxygen atoms in total. The fourth-order valence-corrected chi connectivity index (χ4v) is 0.678. The number of nitrogens with two attached hydrogens (primary N) is 1. The highest BCUT2D eigenvalue weighted by Gasteiger charge is 2.19. The predicted molar refractivity (Wildman–Crippen MR) is 44.1 cm³/mol. The lowest BCUT2D eigenvalue weighted by molar-refractivity contribution is -0.144. The largest absolute Gasteiger partial charge is 0.456 e. The van der Waals surface area contributed by atoms with E-state index in [0.29, 0.717) is 0 Å². The van der Waals surface area contributed by atoms with Gasteiger partial charge in [-0.25, -0.2) is 0 Å². The molecule has 0 aliphatic heterocycles. The molecule has 0 saturated carbocycles. The molecule has 0 saturated heterocycles.